The first-order valence-electron chi connectivity index (χ1n) is 5.89. The lowest BCUT2D eigenvalue weighted by molar-refractivity contribution is 0.629. The highest BCUT2D eigenvalue weighted by Gasteiger charge is 2.16. The largest absolute Gasteiger partial charge is 0.294 e. The molecule has 0 unspecified atom stereocenters. The van der Waals surface area contributed by atoms with Gasteiger partial charge in [-0.05, 0) is 24.3 Å². The molecule has 0 radical (unpaired) electrons. The quantitative estimate of drug-likeness (QED) is 0.521. The fraction of sp³-hybridized carbons (Fsp3) is 0.0714. The van der Waals surface area contributed by atoms with Crippen LogP contribution in [0, 0.1) is 5.82 Å². The first-order chi connectivity index (χ1) is 10.0. The van der Waals surface area contributed by atoms with Crippen LogP contribution in [0.2, 0.25) is 15.1 Å². The van der Waals surface area contributed by atoms with Gasteiger partial charge in [0.1, 0.15) is 11.6 Å². The van der Waals surface area contributed by atoms with Gasteiger partial charge in [-0.1, -0.05) is 34.8 Å². The third-order valence-electron chi connectivity index (χ3n) is 3.03. The number of imidazole rings is 1. The second kappa shape index (κ2) is 5.65. The smallest absolute Gasteiger partial charge is 0.144 e. The van der Waals surface area contributed by atoms with Gasteiger partial charge in [-0.2, -0.15) is 0 Å². The SMILES string of the molecule is Fc1cc2c(cc1Cl)nc(CCl)n2-c1cc(Cl)ccc1Cl. The molecular weight excluding hydrogens is 357 g/mol. The Morgan fingerprint density at radius 2 is 1.81 bits per heavy atom. The van der Waals surface area contributed by atoms with Gasteiger partial charge in [0, 0.05) is 11.1 Å². The van der Waals surface area contributed by atoms with Gasteiger partial charge in [-0.3, -0.25) is 4.57 Å². The molecule has 0 atom stereocenters. The summed E-state index contributed by atoms with van der Waals surface area (Å²) in [6.45, 7) is 0. The second-order valence-electron chi connectivity index (χ2n) is 4.35. The van der Waals surface area contributed by atoms with Gasteiger partial charge >= 0.3 is 0 Å². The number of aromatic nitrogens is 2. The number of halogens is 5. The Balaban J connectivity index is 2.40. The van der Waals surface area contributed by atoms with Crippen molar-refractivity contribution in [3.8, 4) is 5.69 Å². The highest BCUT2D eigenvalue weighted by Crippen LogP contribution is 2.31. The Labute approximate surface area is 140 Å². The summed E-state index contributed by atoms with van der Waals surface area (Å²) in [4.78, 5) is 4.36. The molecule has 3 aromatic rings. The van der Waals surface area contributed by atoms with Crippen LogP contribution in [0.4, 0.5) is 4.39 Å². The maximum Gasteiger partial charge on any atom is 0.144 e. The first kappa shape index (κ1) is 14.9. The molecule has 0 aliphatic heterocycles. The highest BCUT2D eigenvalue weighted by atomic mass is 35.5. The van der Waals surface area contributed by atoms with E-state index in [0.717, 1.165) is 0 Å². The third-order valence-corrected chi connectivity index (χ3v) is 4.12. The van der Waals surface area contributed by atoms with Crippen molar-refractivity contribution in [2.24, 2.45) is 0 Å². The van der Waals surface area contributed by atoms with E-state index in [-0.39, 0.29) is 10.9 Å². The summed E-state index contributed by atoms with van der Waals surface area (Å²) in [5.74, 6) is 0.124. The lowest BCUT2D eigenvalue weighted by Gasteiger charge is -2.10. The van der Waals surface area contributed by atoms with Gasteiger partial charge in [0.15, 0.2) is 0 Å². The maximum atomic E-state index is 13.8. The standard InChI is InChI=1S/C14H7Cl4FN2/c15-6-14-20-11-4-9(18)10(19)5-13(11)21(14)12-3-7(16)1-2-8(12)17/h1-5H,6H2. The van der Waals surface area contributed by atoms with Gasteiger partial charge < -0.3 is 0 Å². The fourth-order valence-electron chi connectivity index (χ4n) is 2.14. The molecule has 1 heterocycles. The Hall–Kier alpha value is -1.000. The monoisotopic (exact) mass is 362 g/mol. The first-order valence-corrected chi connectivity index (χ1v) is 7.56. The van der Waals surface area contributed by atoms with E-state index >= 15 is 0 Å². The highest BCUT2D eigenvalue weighted by molar-refractivity contribution is 6.34. The van der Waals surface area contributed by atoms with Crippen molar-refractivity contribution >= 4 is 57.4 Å². The number of alkyl halides is 1. The predicted molar refractivity (Wildman–Crippen MR) is 85.6 cm³/mol. The zero-order valence-corrected chi connectivity index (χ0v) is 13.4. The van der Waals surface area contributed by atoms with Crippen LogP contribution in [0.3, 0.4) is 0 Å². The number of fused-ring (bicyclic) bond motifs is 1. The molecule has 3 rings (SSSR count). The maximum absolute atomic E-state index is 13.8. The molecule has 0 spiro atoms. The van der Waals surface area contributed by atoms with Crippen LogP contribution in [0.15, 0.2) is 30.3 Å². The van der Waals surface area contributed by atoms with E-state index in [0.29, 0.717) is 32.6 Å². The summed E-state index contributed by atoms with van der Waals surface area (Å²) in [6, 6.07) is 7.77. The van der Waals surface area contributed by atoms with Crippen LogP contribution in [0.25, 0.3) is 16.7 Å². The number of benzene rings is 2. The van der Waals surface area contributed by atoms with Gasteiger partial charge in [-0.25, -0.2) is 9.37 Å². The molecule has 0 bridgehead atoms. The Bertz CT molecular complexity index is 845. The number of hydrogen-bond acceptors (Lipinski definition) is 1. The summed E-state index contributed by atoms with van der Waals surface area (Å²) < 4.78 is 15.4. The van der Waals surface area contributed by atoms with Gasteiger partial charge in [0.05, 0.1) is 32.6 Å². The summed E-state index contributed by atoms with van der Waals surface area (Å²) in [7, 11) is 0. The van der Waals surface area contributed by atoms with Crippen molar-refractivity contribution < 1.29 is 4.39 Å². The normalized spacial score (nSPS) is 11.3. The molecule has 1 aromatic heterocycles. The summed E-state index contributed by atoms with van der Waals surface area (Å²) in [5.41, 5.74) is 1.65. The van der Waals surface area contributed by atoms with Crippen molar-refractivity contribution in [1.29, 1.82) is 0 Å². The van der Waals surface area contributed by atoms with Crippen molar-refractivity contribution in [2.45, 2.75) is 5.88 Å². The zero-order chi connectivity index (χ0) is 15.1. The van der Waals surface area contributed by atoms with Crippen molar-refractivity contribution in [3.05, 3.63) is 57.0 Å². The molecule has 0 saturated carbocycles. The fourth-order valence-corrected chi connectivity index (χ4v) is 2.84. The lowest BCUT2D eigenvalue weighted by Crippen LogP contribution is -2.00. The van der Waals surface area contributed by atoms with Crippen molar-refractivity contribution in [1.82, 2.24) is 9.55 Å². The van der Waals surface area contributed by atoms with Crippen LogP contribution in [0.5, 0.6) is 0 Å². The number of nitrogens with zero attached hydrogens (tertiary/aromatic N) is 2. The molecule has 0 amide bonds. The predicted octanol–water partition coefficient (Wildman–Crippen LogP) is 5.86. The van der Waals surface area contributed by atoms with Gasteiger partial charge in [0.25, 0.3) is 0 Å². The van der Waals surface area contributed by atoms with Gasteiger partial charge in [-0.15, -0.1) is 11.6 Å². The molecule has 21 heavy (non-hydrogen) atoms. The molecule has 0 aliphatic carbocycles. The molecule has 2 nitrogen and oxygen atoms in total. The molecular formula is C14H7Cl4FN2. The van der Waals surface area contributed by atoms with E-state index in [1.54, 1.807) is 22.8 Å². The summed E-state index contributed by atoms with van der Waals surface area (Å²) >= 11 is 24.0. The summed E-state index contributed by atoms with van der Waals surface area (Å²) in [6.07, 6.45) is 0. The Kier molecular flexibility index (Phi) is 4.02. The van der Waals surface area contributed by atoms with Crippen molar-refractivity contribution in [3.63, 3.8) is 0 Å². The van der Waals surface area contributed by atoms with E-state index in [1.165, 1.54) is 12.1 Å². The number of hydrogen-bond donors (Lipinski definition) is 0. The minimum atomic E-state index is -0.537. The van der Waals surface area contributed by atoms with E-state index in [9.17, 15) is 4.39 Å². The topological polar surface area (TPSA) is 17.8 Å². The zero-order valence-electron chi connectivity index (χ0n) is 10.4. The Morgan fingerprint density at radius 1 is 1.05 bits per heavy atom. The molecule has 108 valence electrons. The van der Waals surface area contributed by atoms with Gasteiger partial charge in [0.2, 0.25) is 0 Å². The van der Waals surface area contributed by atoms with Crippen LogP contribution >= 0.6 is 46.4 Å². The van der Waals surface area contributed by atoms with E-state index in [2.05, 4.69) is 4.98 Å². The van der Waals surface area contributed by atoms with Crippen LogP contribution in [-0.4, -0.2) is 9.55 Å². The average Bonchev–Trinajstić information content (AvgIpc) is 2.79. The minimum Gasteiger partial charge on any atom is -0.294 e. The van der Waals surface area contributed by atoms with Crippen molar-refractivity contribution in [2.75, 3.05) is 0 Å². The molecule has 2 aromatic carbocycles. The second-order valence-corrected chi connectivity index (χ2v) is 5.87. The lowest BCUT2D eigenvalue weighted by atomic mass is 10.2. The molecule has 0 aliphatic rings. The molecule has 0 N–H and O–H groups in total. The Morgan fingerprint density at radius 3 is 2.52 bits per heavy atom. The van der Waals surface area contributed by atoms with E-state index < -0.39 is 5.82 Å². The molecule has 7 heteroatoms. The third kappa shape index (κ3) is 2.59. The van der Waals surface area contributed by atoms with Crippen LogP contribution < -0.4 is 0 Å². The minimum absolute atomic E-state index is 0.00506. The van der Waals surface area contributed by atoms with E-state index in [1.807, 2.05) is 0 Å². The van der Waals surface area contributed by atoms with Crippen LogP contribution in [-0.2, 0) is 5.88 Å². The molecule has 0 fully saturated rings. The summed E-state index contributed by atoms with van der Waals surface area (Å²) in [5, 5.41) is 0.970. The average molecular weight is 364 g/mol. The molecule has 0 saturated heterocycles. The number of rotatable bonds is 2. The van der Waals surface area contributed by atoms with Crippen LogP contribution in [0.1, 0.15) is 5.82 Å². The van der Waals surface area contributed by atoms with E-state index in [4.69, 9.17) is 46.4 Å².